The van der Waals surface area contributed by atoms with Crippen LogP contribution in [-0.4, -0.2) is 46.3 Å². The van der Waals surface area contributed by atoms with Crippen LogP contribution in [0.4, 0.5) is 5.69 Å². The van der Waals surface area contributed by atoms with Gasteiger partial charge in [0.2, 0.25) is 0 Å². The zero-order chi connectivity index (χ0) is 15.8. The van der Waals surface area contributed by atoms with Crippen molar-refractivity contribution >= 4 is 23.4 Å². The van der Waals surface area contributed by atoms with Crippen molar-refractivity contribution in [1.29, 1.82) is 0 Å². The molecule has 6 nitrogen and oxygen atoms in total. The molecule has 0 aliphatic rings. The molecule has 0 unspecified atom stereocenters. The monoisotopic (exact) mass is 312 g/mol. The zero-order valence-corrected chi connectivity index (χ0v) is 13.1. The molecule has 116 valence electrons. The molecular weight excluding hydrogens is 292 g/mol. The number of nitrogens with zero attached hydrogens (tertiary/aromatic N) is 2. The lowest BCUT2D eigenvalue weighted by atomic mass is 10.1. The van der Waals surface area contributed by atoms with Gasteiger partial charge in [-0.3, -0.25) is 10.1 Å². The van der Waals surface area contributed by atoms with Crippen LogP contribution in [0.2, 0.25) is 0 Å². The third-order valence-corrected chi connectivity index (χ3v) is 4.23. The largest absolute Gasteiger partial charge is 0.477 e. The fraction of sp³-hybridized carbons (Fsp3) is 0.500. The summed E-state index contributed by atoms with van der Waals surface area (Å²) in [7, 11) is 0. The number of hydrogen-bond acceptors (Lipinski definition) is 5. The molecule has 1 N–H and O–H groups in total. The first-order valence-corrected chi connectivity index (χ1v) is 7.96. The number of carboxylic acids is 1. The van der Waals surface area contributed by atoms with Crippen LogP contribution >= 0.6 is 11.8 Å². The molecule has 0 aliphatic heterocycles. The van der Waals surface area contributed by atoms with Crippen molar-refractivity contribution in [3.63, 3.8) is 0 Å². The second-order valence-electron chi connectivity index (χ2n) is 4.45. The zero-order valence-electron chi connectivity index (χ0n) is 12.2. The summed E-state index contributed by atoms with van der Waals surface area (Å²) in [6.45, 7) is 7.08. The molecule has 0 radical (unpaired) electrons. The van der Waals surface area contributed by atoms with Gasteiger partial charge in [0.25, 0.3) is 5.69 Å². The number of nitro benzene ring substituents is 1. The summed E-state index contributed by atoms with van der Waals surface area (Å²) >= 11 is 1.59. The molecule has 0 spiro atoms. The number of nitro groups is 1. The first kappa shape index (κ1) is 17.5. The molecule has 0 amide bonds. The molecule has 0 saturated heterocycles. The van der Waals surface area contributed by atoms with E-state index in [1.807, 2.05) is 0 Å². The van der Waals surface area contributed by atoms with Gasteiger partial charge in [-0.2, -0.15) is 11.8 Å². The molecular formula is C14H20N2O4S. The molecule has 1 rings (SSSR count). The summed E-state index contributed by atoms with van der Waals surface area (Å²) in [5, 5.41) is 20.1. The summed E-state index contributed by atoms with van der Waals surface area (Å²) in [5.74, 6) is 0.0789. The van der Waals surface area contributed by atoms with Crippen LogP contribution < -0.4 is 0 Å². The highest BCUT2D eigenvalue weighted by Crippen LogP contribution is 2.25. The molecule has 0 bridgehead atoms. The molecule has 0 aliphatic carbocycles. The normalized spacial score (nSPS) is 10.8. The highest BCUT2D eigenvalue weighted by atomic mass is 32.2. The van der Waals surface area contributed by atoms with E-state index in [1.54, 1.807) is 17.8 Å². The Hall–Kier alpha value is -1.60. The Morgan fingerprint density at radius 3 is 2.57 bits per heavy atom. The Morgan fingerprint density at radius 2 is 2.05 bits per heavy atom. The van der Waals surface area contributed by atoms with E-state index in [1.165, 1.54) is 12.1 Å². The number of thioether (sulfide) groups is 1. The van der Waals surface area contributed by atoms with Crippen LogP contribution in [-0.2, 0) is 5.75 Å². The Morgan fingerprint density at radius 1 is 1.38 bits per heavy atom. The molecule has 0 saturated carbocycles. The number of hydrogen-bond donors (Lipinski definition) is 1. The van der Waals surface area contributed by atoms with Gasteiger partial charge in [-0.1, -0.05) is 26.0 Å². The second kappa shape index (κ2) is 8.63. The quantitative estimate of drug-likeness (QED) is 0.429. The fourth-order valence-corrected chi connectivity index (χ4v) is 3.01. The van der Waals surface area contributed by atoms with Crippen LogP contribution in [0.25, 0.3) is 0 Å². The lowest BCUT2D eigenvalue weighted by Gasteiger charge is -2.17. The van der Waals surface area contributed by atoms with Gasteiger partial charge in [-0.05, 0) is 18.7 Å². The Balaban J connectivity index is 2.73. The van der Waals surface area contributed by atoms with Crippen LogP contribution in [0.15, 0.2) is 18.2 Å². The third kappa shape index (κ3) is 5.02. The lowest BCUT2D eigenvalue weighted by molar-refractivity contribution is -0.385. The Kier molecular flexibility index (Phi) is 7.18. The van der Waals surface area contributed by atoms with Crippen LogP contribution in [0.5, 0.6) is 0 Å². The van der Waals surface area contributed by atoms with Crippen molar-refractivity contribution < 1.29 is 14.8 Å². The van der Waals surface area contributed by atoms with Gasteiger partial charge in [0.15, 0.2) is 0 Å². The minimum absolute atomic E-state index is 0.196. The highest BCUT2D eigenvalue weighted by molar-refractivity contribution is 7.98. The maximum absolute atomic E-state index is 11.3. The van der Waals surface area contributed by atoms with E-state index in [0.717, 1.165) is 25.4 Å². The third-order valence-electron chi connectivity index (χ3n) is 3.24. The smallest absolute Gasteiger partial charge is 0.343 e. The first-order valence-electron chi connectivity index (χ1n) is 6.80. The number of benzene rings is 1. The van der Waals surface area contributed by atoms with E-state index >= 15 is 0 Å². The maximum Gasteiger partial charge on any atom is 0.343 e. The van der Waals surface area contributed by atoms with E-state index in [0.29, 0.717) is 11.3 Å². The minimum Gasteiger partial charge on any atom is -0.477 e. The topological polar surface area (TPSA) is 83.7 Å². The number of rotatable bonds is 9. The average Bonchev–Trinajstić information content (AvgIpc) is 2.46. The number of aromatic carboxylic acids is 1. The average molecular weight is 312 g/mol. The van der Waals surface area contributed by atoms with Gasteiger partial charge in [-0.25, -0.2) is 4.79 Å². The van der Waals surface area contributed by atoms with Crippen LogP contribution in [0, 0.1) is 10.1 Å². The van der Waals surface area contributed by atoms with Gasteiger partial charge in [0.05, 0.1) is 4.92 Å². The van der Waals surface area contributed by atoms with Crippen molar-refractivity contribution in [1.82, 2.24) is 4.90 Å². The van der Waals surface area contributed by atoms with E-state index < -0.39 is 10.9 Å². The van der Waals surface area contributed by atoms with Crippen molar-refractivity contribution in [2.75, 3.05) is 25.4 Å². The number of carbonyl (C=O) groups is 1. The van der Waals surface area contributed by atoms with E-state index in [-0.39, 0.29) is 11.3 Å². The fourth-order valence-electron chi connectivity index (χ4n) is 2.02. The SMILES string of the molecule is CCN(CC)CCSCc1cccc([N+](=O)[O-])c1C(=O)O. The molecule has 21 heavy (non-hydrogen) atoms. The highest BCUT2D eigenvalue weighted by Gasteiger charge is 2.23. The predicted molar refractivity (Wildman–Crippen MR) is 84.0 cm³/mol. The van der Waals surface area contributed by atoms with Gasteiger partial charge in [-0.15, -0.1) is 0 Å². The van der Waals surface area contributed by atoms with Gasteiger partial charge in [0.1, 0.15) is 5.56 Å². The summed E-state index contributed by atoms with van der Waals surface area (Å²) in [5.41, 5.74) is -0.0385. The van der Waals surface area contributed by atoms with Crippen molar-refractivity contribution in [3.8, 4) is 0 Å². The Bertz CT molecular complexity index is 504. The summed E-state index contributed by atoms with van der Waals surface area (Å²) in [4.78, 5) is 23.8. The minimum atomic E-state index is -1.25. The molecule has 0 heterocycles. The lowest BCUT2D eigenvalue weighted by Crippen LogP contribution is -2.25. The molecule has 7 heteroatoms. The molecule has 0 aromatic heterocycles. The molecule has 0 fully saturated rings. The van der Waals surface area contributed by atoms with E-state index in [2.05, 4.69) is 18.7 Å². The molecule has 0 atom stereocenters. The van der Waals surface area contributed by atoms with Gasteiger partial charge in [0, 0.05) is 24.1 Å². The van der Waals surface area contributed by atoms with Crippen LogP contribution in [0.1, 0.15) is 29.8 Å². The van der Waals surface area contributed by atoms with E-state index in [4.69, 9.17) is 0 Å². The summed E-state index contributed by atoms with van der Waals surface area (Å²) < 4.78 is 0. The van der Waals surface area contributed by atoms with Gasteiger partial charge < -0.3 is 10.0 Å². The maximum atomic E-state index is 11.3. The van der Waals surface area contributed by atoms with E-state index in [9.17, 15) is 20.0 Å². The second-order valence-corrected chi connectivity index (χ2v) is 5.56. The van der Waals surface area contributed by atoms with Crippen molar-refractivity contribution in [2.24, 2.45) is 0 Å². The van der Waals surface area contributed by atoms with Crippen LogP contribution in [0.3, 0.4) is 0 Å². The predicted octanol–water partition coefficient (Wildman–Crippen LogP) is 2.87. The molecule has 1 aromatic carbocycles. The standard InChI is InChI=1S/C14H20N2O4S/c1-3-15(4-2)8-9-21-10-11-6-5-7-12(16(19)20)13(11)14(17)18/h5-7H,3-4,8-10H2,1-2H3,(H,17,18). The first-order chi connectivity index (χ1) is 10.0. The summed E-state index contributed by atoms with van der Waals surface area (Å²) in [6, 6.07) is 4.40. The van der Waals surface area contributed by atoms with Gasteiger partial charge >= 0.3 is 5.97 Å². The van der Waals surface area contributed by atoms with Crippen molar-refractivity contribution in [3.05, 3.63) is 39.4 Å². The summed E-state index contributed by atoms with van der Waals surface area (Å²) in [6.07, 6.45) is 0. The Labute approximate surface area is 128 Å². The van der Waals surface area contributed by atoms with Crippen molar-refractivity contribution in [2.45, 2.75) is 19.6 Å². The molecule has 1 aromatic rings. The number of carboxylic acid groups (broad SMARTS) is 1.